The van der Waals surface area contributed by atoms with Gasteiger partial charge in [-0.25, -0.2) is 4.79 Å². The molecule has 0 unspecified atom stereocenters. The summed E-state index contributed by atoms with van der Waals surface area (Å²) in [6.07, 6.45) is -1.89. The first-order valence-corrected chi connectivity index (χ1v) is 10.5. The Bertz CT molecular complexity index is 940. The summed E-state index contributed by atoms with van der Waals surface area (Å²) in [5.74, 6) is 0. The second-order valence-electron chi connectivity index (χ2n) is 9.11. The molecule has 1 atom stereocenters. The Morgan fingerprint density at radius 3 is 2.59 bits per heavy atom. The molecule has 0 spiro atoms. The number of carbonyl (C=O) groups excluding carboxylic acids is 1. The zero-order valence-corrected chi connectivity index (χ0v) is 18.5. The molecule has 174 valence electrons. The molecule has 1 aliphatic heterocycles. The third-order valence-electron chi connectivity index (χ3n) is 5.03. The van der Waals surface area contributed by atoms with Gasteiger partial charge in [0.05, 0.1) is 0 Å². The molecule has 6 nitrogen and oxygen atoms in total. The van der Waals surface area contributed by atoms with Gasteiger partial charge in [-0.05, 0) is 75.5 Å². The summed E-state index contributed by atoms with van der Waals surface area (Å²) < 4.78 is 43.7. The van der Waals surface area contributed by atoms with Gasteiger partial charge in [0.2, 0.25) is 0 Å². The van der Waals surface area contributed by atoms with Crippen molar-refractivity contribution in [3.8, 4) is 11.1 Å². The lowest BCUT2D eigenvalue weighted by molar-refractivity contribution is -0.141. The standard InChI is InChI=1S/C23H29F3N4O2/c1-22(2,3)32-21(31)29-19-5-4-8-30(14-19)13-15-9-17(11-18(27)10-15)16-6-7-20(28-12-16)23(24,25)26/h6-7,9-12,19H,4-5,8,13-14,27H2,1-3H3,(H,29,31)/t19-/m0/s1. The minimum atomic E-state index is -4.47. The minimum Gasteiger partial charge on any atom is -0.444 e. The summed E-state index contributed by atoms with van der Waals surface area (Å²) >= 11 is 0. The monoisotopic (exact) mass is 450 g/mol. The normalized spacial score (nSPS) is 17.8. The molecule has 1 aromatic carbocycles. The highest BCUT2D eigenvalue weighted by atomic mass is 19.4. The first kappa shape index (κ1) is 23.8. The highest BCUT2D eigenvalue weighted by Crippen LogP contribution is 2.30. The van der Waals surface area contributed by atoms with Crippen molar-refractivity contribution in [1.82, 2.24) is 15.2 Å². The number of nitrogens with one attached hydrogen (secondary N) is 1. The fourth-order valence-electron chi connectivity index (χ4n) is 3.76. The average Bonchev–Trinajstić information content (AvgIpc) is 2.65. The van der Waals surface area contributed by atoms with Gasteiger partial charge < -0.3 is 15.8 Å². The maximum absolute atomic E-state index is 12.8. The number of alkyl halides is 3. The maximum atomic E-state index is 12.8. The summed E-state index contributed by atoms with van der Waals surface area (Å²) in [5.41, 5.74) is 7.32. The lowest BCUT2D eigenvalue weighted by Gasteiger charge is -2.33. The Balaban J connectivity index is 1.67. The number of carbonyl (C=O) groups is 1. The second-order valence-corrected chi connectivity index (χ2v) is 9.11. The SMILES string of the molecule is CC(C)(C)OC(=O)N[C@H]1CCCN(Cc2cc(N)cc(-c3ccc(C(F)(F)F)nc3)c2)C1. The van der Waals surface area contributed by atoms with Gasteiger partial charge in [0.15, 0.2) is 0 Å². The van der Waals surface area contributed by atoms with Crippen LogP contribution in [-0.2, 0) is 17.5 Å². The van der Waals surface area contributed by atoms with Crippen molar-refractivity contribution in [2.24, 2.45) is 0 Å². The number of alkyl carbamates (subject to hydrolysis) is 1. The number of pyridine rings is 1. The molecule has 32 heavy (non-hydrogen) atoms. The van der Waals surface area contributed by atoms with E-state index < -0.39 is 23.6 Å². The number of hydrogen-bond donors (Lipinski definition) is 2. The molecule has 0 radical (unpaired) electrons. The van der Waals surface area contributed by atoms with E-state index in [-0.39, 0.29) is 6.04 Å². The van der Waals surface area contributed by atoms with Crippen LogP contribution >= 0.6 is 0 Å². The zero-order chi connectivity index (χ0) is 23.5. The van der Waals surface area contributed by atoms with Crippen molar-refractivity contribution < 1.29 is 22.7 Å². The van der Waals surface area contributed by atoms with Gasteiger partial charge in [-0.3, -0.25) is 9.88 Å². The van der Waals surface area contributed by atoms with Crippen molar-refractivity contribution in [2.75, 3.05) is 18.8 Å². The number of halogens is 3. The molecule has 3 rings (SSSR count). The molecule has 9 heteroatoms. The van der Waals surface area contributed by atoms with Crippen LogP contribution in [0.3, 0.4) is 0 Å². The number of rotatable bonds is 4. The molecule has 1 amide bonds. The molecule has 1 fully saturated rings. The lowest BCUT2D eigenvalue weighted by Crippen LogP contribution is -2.48. The Kier molecular flexibility index (Phi) is 6.97. The van der Waals surface area contributed by atoms with Gasteiger partial charge in [-0.2, -0.15) is 13.2 Å². The fourth-order valence-corrected chi connectivity index (χ4v) is 3.76. The number of benzene rings is 1. The Morgan fingerprint density at radius 1 is 1.22 bits per heavy atom. The van der Waals surface area contributed by atoms with Gasteiger partial charge in [-0.15, -0.1) is 0 Å². The molecular weight excluding hydrogens is 421 g/mol. The van der Waals surface area contributed by atoms with E-state index in [2.05, 4.69) is 15.2 Å². The first-order chi connectivity index (χ1) is 14.9. The number of ether oxygens (including phenoxy) is 1. The highest BCUT2D eigenvalue weighted by molar-refractivity contribution is 5.68. The molecule has 1 saturated heterocycles. The van der Waals surface area contributed by atoms with Crippen LogP contribution in [-0.4, -0.2) is 40.7 Å². The van der Waals surface area contributed by atoms with Crippen molar-refractivity contribution in [3.63, 3.8) is 0 Å². The van der Waals surface area contributed by atoms with Crippen molar-refractivity contribution >= 4 is 11.8 Å². The third kappa shape index (κ3) is 6.85. The summed E-state index contributed by atoms with van der Waals surface area (Å²) in [6, 6.07) is 7.83. The van der Waals surface area contributed by atoms with Crippen LogP contribution in [0.15, 0.2) is 36.5 Å². The van der Waals surface area contributed by atoms with E-state index in [9.17, 15) is 18.0 Å². The number of amides is 1. The van der Waals surface area contributed by atoms with Gasteiger partial charge in [0.25, 0.3) is 0 Å². The van der Waals surface area contributed by atoms with Gasteiger partial charge in [0.1, 0.15) is 11.3 Å². The summed E-state index contributed by atoms with van der Waals surface area (Å²) in [4.78, 5) is 17.8. The molecule has 2 aromatic rings. The number of nitrogens with two attached hydrogens (primary N) is 1. The first-order valence-electron chi connectivity index (χ1n) is 10.5. The van der Waals surface area contributed by atoms with Crippen LogP contribution in [0.4, 0.5) is 23.7 Å². The highest BCUT2D eigenvalue weighted by Gasteiger charge is 2.32. The second kappa shape index (κ2) is 9.36. The molecule has 3 N–H and O–H groups in total. The van der Waals surface area contributed by atoms with Crippen molar-refractivity contribution in [3.05, 3.63) is 47.8 Å². The van der Waals surface area contributed by atoms with Gasteiger partial charge in [-0.1, -0.05) is 6.07 Å². The molecular formula is C23H29F3N4O2. The van der Waals surface area contributed by atoms with E-state index in [1.165, 1.54) is 12.3 Å². The van der Waals surface area contributed by atoms with E-state index in [1.54, 1.807) is 6.07 Å². The third-order valence-corrected chi connectivity index (χ3v) is 5.03. The lowest BCUT2D eigenvalue weighted by atomic mass is 10.0. The van der Waals surface area contributed by atoms with Crippen LogP contribution < -0.4 is 11.1 Å². The number of piperidine rings is 1. The molecule has 0 bridgehead atoms. The average molecular weight is 451 g/mol. The van der Waals surface area contributed by atoms with Crippen LogP contribution in [0.5, 0.6) is 0 Å². The topological polar surface area (TPSA) is 80.5 Å². The van der Waals surface area contributed by atoms with Gasteiger partial charge in [0, 0.05) is 36.6 Å². The predicted molar refractivity (Wildman–Crippen MR) is 117 cm³/mol. The number of nitrogens with zero attached hydrogens (tertiary/aromatic N) is 2. The molecule has 0 aliphatic carbocycles. The van der Waals surface area contributed by atoms with E-state index in [4.69, 9.17) is 10.5 Å². The molecule has 1 aliphatic rings. The van der Waals surface area contributed by atoms with Crippen molar-refractivity contribution in [2.45, 2.75) is 58.0 Å². The van der Waals surface area contributed by atoms with E-state index in [0.717, 1.165) is 31.0 Å². The van der Waals surface area contributed by atoms with E-state index in [0.29, 0.717) is 29.9 Å². The van der Waals surface area contributed by atoms with Gasteiger partial charge >= 0.3 is 12.3 Å². The van der Waals surface area contributed by atoms with Crippen LogP contribution in [0.2, 0.25) is 0 Å². The Morgan fingerprint density at radius 2 is 1.97 bits per heavy atom. The largest absolute Gasteiger partial charge is 0.444 e. The molecule has 0 saturated carbocycles. The summed E-state index contributed by atoms with van der Waals surface area (Å²) in [5, 5.41) is 2.93. The number of anilines is 1. The number of likely N-dealkylation sites (tertiary alicyclic amines) is 1. The van der Waals surface area contributed by atoms with Crippen molar-refractivity contribution in [1.29, 1.82) is 0 Å². The van der Waals surface area contributed by atoms with E-state index >= 15 is 0 Å². The fraction of sp³-hybridized carbons (Fsp3) is 0.478. The number of hydrogen-bond acceptors (Lipinski definition) is 5. The molecule has 1 aromatic heterocycles. The van der Waals surface area contributed by atoms with Crippen LogP contribution in [0, 0.1) is 0 Å². The summed E-state index contributed by atoms with van der Waals surface area (Å²) in [7, 11) is 0. The summed E-state index contributed by atoms with van der Waals surface area (Å²) in [6.45, 7) is 7.62. The minimum absolute atomic E-state index is 0.0155. The van der Waals surface area contributed by atoms with Crippen LogP contribution in [0.25, 0.3) is 11.1 Å². The number of aromatic nitrogens is 1. The maximum Gasteiger partial charge on any atom is 0.433 e. The number of nitrogen functional groups attached to an aromatic ring is 1. The van der Waals surface area contributed by atoms with Crippen LogP contribution in [0.1, 0.15) is 44.9 Å². The Labute approximate surface area is 186 Å². The zero-order valence-electron chi connectivity index (χ0n) is 18.5. The predicted octanol–water partition coefficient (Wildman–Crippen LogP) is 4.84. The Hall–Kier alpha value is -2.81. The van der Waals surface area contributed by atoms with E-state index in [1.807, 2.05) is 32.9 Å². The quantitative estimate of drug-likeness (QED) is 0.652. The molecule has 2 heterocycles. The smallest absolute Gasteiger partial charge is 0.433 e.